The molecule has 1 atom stereocenters. The molecule has 0 spiro atoms. The van der Waals surface area contributed by atoms with Crippen LogP contribution in [-0.2, 0) is 0 Å². The van der Waals surface area contributed by atoms with E-state index in [-0.39, 0.29) is 6.10 Å². The Morgan fingerprint density at radius 3 is 2.50 bits per heavy atom. The molecule has 1 aromatic rings. The molecule has 0 heterocycles. The molecule has 0 fully saturated rings. The van der Waals surface area contributed by atoms with Crippen molar-refractivity contribution in [1.82, 2.24) is 5.32 Å². The van der Waals surface area contributed by atoms with Crippen LogP contribution < -0.4 is 14.8 Å². The second-order valence-corrected chi connectivity index (χ2v) is 5.39. The van der Waals surface area contributed by atoms with Gasteiger partial charge in [-0.2, -0.15) is 0 Å². The van der Waals surface area contributed by atoms with Crippen LogP contribution in [0.25, 0.3) is 6.08 Å². The van der Waals surface area contributed by atoms with E-state index < -0.39 is 0 Å². The lowest BCUT2D eigenvalue weighted by Gasteiger charge is -2.18. The van der Waals surface area contributed by atoms with E-state index in [0.29, 0.717) is 5.92 Å². The largest absolute Gasteiger partial charge is 0.493 e. The maximum Gasteiger partial charge on any atom is 0.161 e. The summed E-state index contributed by atoms with van der Waals surface area (Å²) in [6.07, 6.45) is 4.16. The zero-order valence-electron chi connectivity index (χ0n) is 13.3. The highest BCUT2D eigenvalue weighted by molar-refractivity contribution is 5.55. The lowest BCUT2D eigenvalue weighted by atomic mass is 10.2. The van der Waals surface area contributed by atoms with Crippen molar-refractivity contribution in [1.29, 1.82) is 0 Å². The molecule has 0 aliphatic carbocycles. The summed E-state index contributed by atoms with van der Waals surface area (Å²) in [6.45, 7) is 10.3. The molecule has 0 saturated carbocycles. The van der Waals surface area contributed by atoms with Crippen molar-refractivity contribution in [3.63, 3.8) is 0 Å². The first kappa shape index (κ1) is 16.6. The number of benzene rings is 1. The van der Waals surface area contributed by atoms with Gasteiger partial charge in [-0.1, -0.05) is 32.1 Å². The van der Waals surface area contributed by atoms with Gasteiger partial charge < -0.3 is 14.8 Å². The van der Waals surface area contributed by atoms with Crippen LogP contribution in [0.1, 0.15) is 33.3 Å². The maximum atomic E-state index is 5.94. The molecule has 112 valence electrons. The van der Waals surface area contributed by atoms with Gasteiger partial charge in [-0.3, -0.25) is 0 Å². The minimum atomic E-state index is 0.107. The van der Waals surface area contributed by atoms with Crippen LogP contribution in [0.3, 0.4) is 0 Å². The van der Waals surface area contributed by atoms with Crippen molar-refractivity contribution in [2.75, 3.05) is 20.2 Å². The van der Waals surface area contributed by atoms with E-state index in [1.54, 1.807) is 7.11 Å². The number of rotatable bonds is 8. The predicted molar refractivity (Wildman–Crippen MR) is 85.5 cm³/mol. The quantitative estimate of drug-likeness (QED) is 0.785. The third-order valence-electron chi connectivity index (χ3n) is 2.86. The van der Waals surface area contributed by atoms with E-state index in [1.165, 1.54) is 0 Å². The fourth-order valence-corrected chi connectivity index (χ4v) is 1.91. The normalized spacial score (nSPS) is 12.9. The molecule has 0 aliphatic heterocycles. The van der Waals surface area contributed by atoms with Crippen molar-refractivity contribution < 1.29 is 9.47 Å². The van der Waals surface area contributed by atoms with Gasteiger partial charge in [-0.25, -0.2) is 0 Å². The molecule has 20 heavy (non-hydrogen) atoms. The smallest absolute Gasteiger partial charge is 0.161 e. The lowest BCUT2D eigenvalue weighted by Crippen LogP contribution is -2.31. The summed E-state index contributed by atoms with van der Waals surface area (Å²) in [6, 6.07) is 5.99. The summed E-state index contributed by atoms with van der Waals surface area (Å²) in [5.41, 5.74) is 1.11. The van der Waals surface area contributed by atoms with Gasteiger partial charge in [-0.15, -0.1) is 0 Å². The van der Waals surface area contributed by atoms with Gasteiger partial charge in [0.15, 0.2) is 11.5 Å². The number of hydrogen-bond acceptors (Lipinski definition) is 3. The zero-order chi connectivity index (χ0) is 15.0. The highest BCUT2D eigenvalue weighted by Crippen LogP contribution is 2.29. The Morgan fingerprint density at radius 2 is 1.90 bits per heavy atom. The van der Waals surface area contributed by atoms with E-state index >= 15 is 0 Å². The first-order valence-corrected chi connectivity index (χ1v) is 7.25. The second-order valence-electron chi connectivity index (χ2n) is 5.39. The number of ether oxygens (including phenoxy) is 2. The Morgan fingerprint density at radius 1 is 1.15 bits per heavy atom. The molecule has 0 saturated heterocycles. The van der Waals surface area contributed by atoms with Crippen LogP contribution in [0.5, 0.6) is 11.5 Å². The average Bonchev–Trinajstić information content (AvgIpc) is 2.40. The Kier molecular flexibility index (Phi) is 7.16. The standard InChI is InChI=1S/C17H27NO2/c1-6-7-15-8-9-16(17(10-15)19-5)20-14(4)12-18-11-13(2)3/h6-10,13-14,18H,11-12H2,1-5H3. The first-order chi connectivity index (χ1) is 9.56. The molecule has 0 amide bonds. The minimum absolute atomic E-state index is 0.107. The van der Waals surface area contributed by atoms with Gasteiger partial charge in [0.2, 0.25) is 0 Å². The van der Waals surface area contributed by atoms with Crippen LogP contribution in [0, 0.1) is 5.92 Å². The molecular formula is C17H27NO2. The number of hydrogen-bond donors (Lipinski definition) is 1. The van der Waals surface area contributed by atoms with Gasteiger partial charge in [-0.05, 0) is 44.0 Å². The summed E-state index contributed by atoms with van der Waals surface area (Å²) in [5, 5.41) is 3.40. The van der Waals surface area contributed by atoms with Crippen molar-refractivity contribution in [3.05, 3.63) is 29.8 Å². The SMILES string of the molecule is CC=Cc1ccc(OC(C)CNCC(C)C)c(OC)c1. The number of nitrogens with one attached hydrogen (secondary N) is 1. The molecule has 0 radical (unpaired) electrons. The molecule has 1 aromatic carbocycles. The molecule has 0 bridgehead atoms. The van der Waals surface area contributed by atoms with Crippen molar-refractivity contribution >= 4 is 6.08 Å². The van der Waals surface area contributed by atoms with Crippen molar-refractivity contribution in [2.24, 2.45) is 5.92 Å². The fraction of sp³-hybridized carbons (Fsp3) is 0.529. The summed E-state index contributed by atoms with van der Waals surface area (Å²) in [5.74, 6) is 2.22. The highest BCUT2D eigenvalue weighted by atomic mass is 16.5. The third-order valence-corrected chi connectivity index (χ3v) is 2.86. The summed E-state index contributed by atoms with van der Waals surface area (Å²) >= 11 is 0. The lowest BCUT2D eigenvalue weighted by molar-refractivity contribution is 0.206. The second kappa shape index (κ2) is 8.64. The van der Waals surface area contributed by atoms with Gasteiger partial charge in [0, 0.05) is 6.54 Å². The van der Waals surface area contributed by atoms with Crippen LogP contribution in [0.4, 0.5) is 0 Å². The molecule has 1 rings (SSSR count). The number of methoxy groups -OCH3 is 1. The highest BCUT2D eigenvalue weighted by Gasteiger charge is 2.09. The Bertz CT molecular complexity index is 427. The molecule has 3 heteroatoms. The molecule has 0 aliphatic rings. The van der Waals surface area contributed by atoms with E-state index in [1.807, 2.05) is 37.3 Å². The Hall–Kier alpha value is -1.48. The molecule has 1 unspecified atom stereocenters. The average molecular weight is 277 g/mol. The molecule has 1 N–H and O–H groups in total. The Labute approximate surface area is 123 Å². The van der Waals surface area contributed by atoms with Crippen LogP contribution in [0.2, 0.25) is 0 Å². The van der Waals surface area contributed by atoms with E-state index in [0.717, 1.165) is 30.2 Å². The topological polar surface area (TPSA) is 30.5 Å². The monoisotopic (exact) mass is 277 g/mol. The van der Waals surface area contributed by atoms with Crippen LogP contribution >= 0.6 is 0 Å². The molecular weight excluding hydrogens is 250 g/mol. The van der Waals surface area contributed by atoms with Gasteiger partial charge in [0.1, 0.15) is 6.10 Å². The fourth-order valence-electron chi connectivity index (χ4n) is 1.91. The molecule has 3 nitrogen and oxygen atoms in total. The minimum Gasteiger partial charge on any atom is -0.493 e. The predicted octanol–water partition coefficient (Wildman–Crippen LogP) is 3.74. The van der Waals surface area contributed by atoms with Gasteiger partial charge >= 0.3 is 0 Å². The number of allylic oxidation sites excluding steroid dienone is 1. The first-order valence-electron chi connectivity index (χ1n) is 7.25. The van der Waals surface area contributed by atoms with Crippen LogP contribution in [0.15, 0.2) is 24.3 Å². The van der Waals surface area contributed by atoms with Crippen molar-refractivity contribution in [2.45, 2.75) is 33.8 Å². The van der Waals surface area contributed by atoms with E-state index in [2.05, 4.69) is 26.1 Å². The van der Waals surface area contributed by atoms with E-state index in [4.69, 9.17) is 9.47 Å². The molecule has 0 aromatic heterocycles. The van der Waals surface area contributed by atoms with Crippen LogP contribution in [-0.4, -0.2) is 26.3 Å². The summed E-state index contributed by atoms with van der Waals surface area (Å²) in [7, 11) is 1.67. The maximum absolute atomic E-state index is 5.94. The van der Waals surface area contributed by atoms with E-state index in [9.17, 15) is 0 Å². The van der Waals surface area contributed by atoms with Gasteiger partial charge in [0.25, 0.3) is 0 Å². The third kappa shape index (κ3) is 5.66. The Balaban J connectivity index is 2.62. The zero-order valence-corrected chi connectivity index (χ0v) is 13.3. The van der Waals surface area contributed by atoms with Gasteiger partial charge in [0.05, 0.1) is 7.11 Å². The summed E-state index contributed by atoms with van der Waals surface area (Å²) in [4.78, 5) is 0. The van der Waals surface area contributed by atoms with Crippen molar-refractivity contribution in [3.8, 4) is 11.5 Å². The summed E-state index contributed by atoms with van der Waals surface area (Å²) < 4.78 is 11.3.